The SMILES string of the molecule is C#CC(C)(C)NCc1c(Cl)cccc1[N+](=O)[O-]. The molecule has 0 aliphatic carbocycles. The summed E-state index contributed by atoms with van der Waals surface area (Å²) in [5.74, 6) is 2.56. The van der Waals surface area contributed by atoms with Crippen LogP contribution in [0.1, 0.15) is 19.4 Å². The molecule has 1 rings (SSSR count). The van der Waals surface area contributed by atoms with Crippen LogP contribution in [0.5, 0.6) is 0 Å². The van der Waals surface area contributed by atoms with Crippen molar-refractivity contribution in [1.29, 1.82) is 0 Å². The summed E-state index contributed by atoms with van der Waals surface area (Å²) >= 11 is 5.95. The molecular weight excluding hydrogens is 240 g/mol. The molecule has 4 nitrogen and oxygen atoms in total. The van der Waals surface area contributed by atoms with Gasteiger partial charge in [-0.05, 0) is 19.9 Å². The number of hydrogen-bond donors (Lipinski definition) is 1. The van der Waals surface area contributed by atoms with Gasteiger partial charge >= 0.3 is 0 Å². The van der Waals surface area contributed by atoms with E-state index in [-0.39, 0.29) is 12.2 Å². The van der Waals surface area contributed by atoms with Crippen LogP contribution in [0.25, 0.3) is 0 Å². The second kappa shape index (κ2) is 5.17. The van der Waals surface area contributed by atoms with Crippen LogP contribution in [0.15, 0.2) is 18.2 Å². The maximum atomic E-state index is 10.8. The molecule has 0 spiro atoms. The average molecular weight is 253 g/mol. The topological polar surface area (TPSA) is 55.2 Å². The van der Waals surface area contributed by atoms with Crippen LogP contribution in [0.3, 0.4) is 0 Å². The molecule has 1 aromatic carbocycles. The number of hydrogen-bond acceptors (Lipinski definition) is 3. The number of benzene rings is 1. The lowest BCUT2D eigenvalue weighted by Gasteiger charge is -2.19. The van der Waals surface area contributed by atoms with Gasteiger partial charge in [-0.15, -0.1) is 6.42 Å². The molecular formula is C12H13ClN2O2. The highest BCUT2D eigenvalue weighted by molar-refractivity contribution is 6.31. The van der Waals surface area contributed by atoms with Gasteiger partial charge in [0.15, 0.2) is 0 Å². The first kappa shape index (κ1) is 13.5. The summed E-state index contributed by atoms with van der Waals surface area (Å²) in [6, 6.07) is 4.59. The maximum Gasteiger partial charge on any atom is 0.275 e. The Hall–Kier alpha value is -1.57. The Morgan fingerprint density at radius 3 is 2.76 bits per heavy atom. The predicted molar refractivity (Wildman–Crippen MR) is 67.9 cm³/mol. The van der Waals surface area contributed by atoms with E-state index in [4.69, 9.17) is 18.0 Å². The lowest BCUT2D eigenvalue weighted by Crippen LogP contribution is -2.37. The van der Waals surface area contributed by atoms with Gasteiger partial charge in [-0.25, -0.2) is 0 Å². The van der Waals surface area contributed by atoms with Crippen LogP contribution in [0.4, 0.5) is 5.69 Å². The van der Waals surface area contributed by atoms with Crippen molar-refractivity contribution in [3.8, 4) is 12.3 Å². The molecule has 1 N–H and O–H groups in total. The van der Waals surface area contributed by atoms with E-state index in [1.54, 1.807) is 12.1 Å². The molecule has 0 amide bonds. The molecule has 0 saturated carbocycles. The van der Waals surface area contributed by atoms with Gasteiger partial charge < -0.3 is 0 Å². The molecule has 0 fully saturated rings. The Morgan fingerprint density at radius 2 is 2.24 bits per heavy atom. The van der Waals surface area contributed by atoms with E-state index >= 15 is 0 Å². The summed E-state index contributed by atoms with van der Waals surface area (Å²) in [5.41, 5.74) is -0.0899. The molecule has 90 valence electrons. The van der Waals surface area contributed by atoms with Crippen LogP contribution < -0.4 is 5.32 Å². The normalized spacial score (nSPS) is 10.9. The quantitative estimate of drug-likeness (QED) is 0.509. The molecule has 0 aliphatic heterocycles. The van der Waals surface area contributed by atoms with Crippen molar-refractivity contribution in [3.05, 3.63) is 38.9 Å². The lowest BCUT2D eigenvalue weighted by molar-refractivity contribution is -0.385. The highest BCUT2D eigenvalue weighted by Crippen LogP contribution is 2.26. The minimum Gasteiger partial charge on any atom is -0.297 e. The molecule has 0 bridgehead atoms. The number of rotatable bonds is 4. The second-order valence-corrected chi connectivity index (χ2v) is 4.52. The monoisotopic (exact) mass is 252 g/mol. The zero-order valence-electron chi connectivity index (χ0n) is 9.66. The fourth-order valence-corrected chi connectivity index (χ4v) is 1.49. The van der Waals surface area contributed by atoms with E-state index in [0.29, 0.717) is 10.6 Å². The summed E-state index contributed by atoms with van der Waals surface area (Å²) < 4.78 is 0. The maximum absolute atomic E-state index is 10.8. The summed E-state index contributed by atoms with van der Waals surface area (Å²) in [5, 5.41) is 14.2. The average Bonchev–Trinajstić information content (AvgIpc) is 2.27. The molecule has 0 atom stereocenters. The molecule has 0 radical (unpaired) electrons. The van der Waals surface area contributed by atoms with Gasteiger partial charge in [0, 0.05) is 12.6 Å². The number of nitro benzene ring substituents is 1. The minimum atomic E-state index is -0.535. The van der Waals surface area contributed by atoms with Crippen molar-refractivity contribution in [2.45, 2.75) is 25.9 Å². The van der Waals surface area contributed by atoms with E-state index in [1.807, 2.05) is 13.8 Å². The third kappa shape index (κ3) is 3.45. The predicted octanol–water partition coefficient (Wildman–Crippen LogP) is 2.75. The Kier molecular flexibility index (Phi) is 4.11. The number of nitrogens with zero attached hydrogens (tertiary/aromatic N) is 1. The van der Waals surface area contributed by atoms with E-state index in [1.165, 1.54) is 6.07 Å². The largest absolute Gasteiger partial charge is 0.297 e. The van der Waals surface area contributed by atoms with Gasteiger partial charge in [-0.1, -0.05) is 23.6 Å². The number of nitrogens with one attached hydrogen (secondary N) is 1. The van der Waals surface area contributed by atoms with Gasteiger partial charge in [0.2, 0.25) is 0 Å². The molecule has 0 heterocycles. The van der Waals surface area contributed by atoms with Crippen LogP contribution in [0.2, 0.25) is 5.02 Å². The van der Waals surface area contributed by atoms with Crippen molar-refractivity contribution in [1.82, 2.24) is 5.32 Å². The van der Waals surface area contributed by atoms with Crippen molar-refractivity contribution in [2.75, 3.05) is 0 Å². The molecule has 5 heteroatoms. The van der Waals surface area contributed by atoms with Gasteiger partial charge in [-0.2, -0.15) is 0 Å². The molecule has 0 aliphatic rings. The zero-order chi connectivity index (χ0) is 13.1. The summed E-state index contributed by atoms with van der Waals surface area (Å²) in [6.45, 7) is 3.89. The fourth-order valence-electron chi connectivity index (χ4n) is 1.25. The minimum absolute atomic E-state index is 0.00202. The van der Waals surface area contributed by atoms with Crippen LogP contribution >= 0.6 is 11.6 Å². The van der Waals surface area contributed by atoms with Crippen LogP contribution in [0, 0.1) is 22.5 Å². The van der Waals surface area contributed by atoms with Crippen LogP contribution in [-0.4, -0.2) is 10.5 Å². The zero-order valence-corrected chi connectivity index (χ0v) is 10.4. The van der Waals surface area contributed by atoms with E-state index in [9.17, 15) is 10.1 Å². The smallest absolute Gasteiger partial charge is 0.275 e. The molecule has 0 unspecified atom stereocenters. The fraction of sp³-hybridized carbons (Fsp3) is 0.333. The van der Waals surface area contributed by atoms with Gasteiger partial charge in [-0.3, -0.25) is 15.4 Å². The number of terminal acetylenes is 1. The number of halogens is 1. The summed E-state index contributed by atoms with van der Waals surface area (Å²) in [7, 11) is 0. The molecule has 1 aromatic rings. The Labute approximate surface area is 105 Å². The summed E-state index contributed by atoms with van der Waals surface area (Å²) in [4.78, 5) is 10.4. The van der Waals surface area contributed by atoms with E-state index in [2.05, 4.69) is 11.2 Å². The lowest BCUT2D eigenvalue weighted by atomic mass is 10.1. The first-order chi connectivity index (χ1) is 7.87. The van der Waals surface area contributed by atoms with Gasteiger partial charge in [0.1, 0.15) is 0 Å². The van der Waals surface area contributed by atoms with Crippen molar-refractivity contribution in [3.63, 3.8) is 0 Å². The first-order valence-electron chi connectivity index (χ1n) is 5.02. The van der Waals surface area contributed by atoms with Crippen molar-refractivity contribution in [2.24, 2.45) is 0 Å². The van der Waals surface area contributed by atoms with E-state index in [0.717, 1.165) is 0 Å². The highest BCUT2D eigenvalue weighted by Gasteiger charge is 2.19. The Balaban J connectivity index is 2.99. The Bertz CT molecular complexity index is 478. The molecule has 0 aromatic heterocycles. The highest BCUT2D eigenvalue weighted by atomic mass is 35.5. The standard InChI is InChI=1S/C12H13ClN2O2/c1-4-12(2,3)14-8-9-10(13)6-5-7-11(9)15(16)17/h1,5-7,14H,8H2,2-3H3. The molecule has 0 saturated heterocycles. The van der Waals surface area contributed by atoms with Gasteiger partial charge in [0.25, 0.3) is 5.69 Å². The van der Waals surface area contributed by atoms with Crippen LogP contribution in [-0.2, 0) is 6.54 Å². The summed E-state index contributed by atoms with van der Waals surface area (Å²) in [6.07, 6.45) is 5.33. The molecule has 17 heavy (non-hydrogen) atoms. The van der Waals surface area contributed by atoms with E-state index < -0.39 is 10.5 Å². The number of nitro groups is 1. The van der Waals surface area contributed by atoms with Crippen molar-refractivity contribution < 1.29 is 4.92 Å². The van der Waals surface area contributed by atoms with Gasteiger partial charge in [0.05, 0.1) is 21.0 Å². The third-order valence-electron chi connectivity index (χ3n) is 2.36. The first-order valence-corrected chi connectivity index (χ1v) is 5.40. The van der Waals surface area contributed by atoms with Crippen molar-refractivity contribution >= 4 is 17.3 Å². The third-order valence-corrected chi connectivity index (χ3v) is 2.71. The second-order valence-electron chi connectivity index (χ2n) is 4.12. The Morgan fingerprint density at radius 1 is 1.59 bits per heavy atom.